The monoisotopic (exact) mass is 375 g/mol. The van der Waals surface area contributed by atoms with Crippen molar-refractivity contribution in [2.45, 2.75) is 20.8 Å². The number of carbonyl (C=O) groups excluding carboxylic acids is 2. The molecule has 6 heteroatoms. The number of rotatable bonds is 4. The van der Waals surface area contributed by atoms with Crippen LogP contribution in [0.4, 0.5) is 11.4 Å². The molecule has 1 aromatic heterocycles. The van der Waals surface area contributed by atoms with Crippen molar-refractivity contribution >= 4 is 39.1 Å². The minimum atomic E-state index is -0.255. The minimum Gasteiger partial charge on any atom is -0.326 e. The van der Waals surface area contributed by atoms with Crippen molar-refractivity contribution in [1.82, 2.24) is 4.98 Å². The number of nitrogens with zero attached hydrogens (tertiary/aromatic N) is 1. The van der Waals surface area contributed by atoms with Crippen LogP contribution in [0.2, 0.25) is 0 Å². The molecule has 5 nitrogen and oxygen atoms in total. The first-order chi connectivity index (χ1) is 10.9. The minimum absolute atomic E-state index is 0.0673. The summed E-state index contributed by atoms with van der Waals surface area (Å²) in [4.78, 5) is 28.1. The van der Waals surface area contributed by atoms with Gasteiger partial charge < -0.3 is 10.6 Å². The van der Waals surface area contributed by atoms with Crippen LogP contribution in [0.5, 0.6) is 0 Å². The maximum atomic E-state index is 12.3. The normalized spacial score (nSPS) is 10.5. The summed E-state index contributed by atoms with van der Waals surface area (Å²) in [6, 6.07) is 7.11. The summed E-state index contributed by atoms with van der Waals surface area (Å²) in [6.07, 6.45) is 3.11. The Kier molecular flexibility index (Phi) is 5.50. The molecule has 0 saturated heterocycles. The molecule has 0 radical (unpaired) electrons. The van der Waals surface area contributed by atoms with Gasteiger partial charge in [0.25, 0.3) is 5.91 Å². The van der Waals surface area contributed by atoms with Crippen molar-refractivity contribution in [2.75, 3.05) is 10.6 Å². The fourth-order valence-corrected chi connectivity index (χ4v) is 2.22. The number of carbonyl (C=O) groups is 2. The van der Waals surface area contributed by atoms with Gasteiger partial charge in [-0.05, 0) is 46.6 Å². The van der Waals surface area contributed by atoms with Gasteiger partial charge in [-0.3, -0.25) is 14.6 Å². The summed E-state index contributed by atoms with van der Waals surface area (Å²) in [5.74, 6) is -0.432. The van der Waals surface area contributed by atoms with Crippen LogP contribution < -0.4 is 10.6 Å². The van der Waals surface area contributed by atoms with Gasteiger partial charge in [0.1, 0.15) is 0 Å². The highest BCUT2D eigenvalue weighted by atomic mass is 79.9. The van der Waals surface area contributed by atoms with Crippen molar-refractivity contribution in [2.24, 2.45) is 5.92 Å². The second-order valence-electron chi connectivity index (χ2n) is 5.52. The third-order valence-corrected chi connectivity index (χ3v) is 3.68. The lowest BCUT2D eigenvalue weighted by atomic mass is 10.1. The summed E-state index contributed by atoms with van der Waals surface area (Å²) in [6.45, 7) is 5.54. The number of amides is 2. The molecule has 2 amide bonds. The molecule has 2 aromatic rings. The zero-order valence-electron chi connectivity index (χ0n) is 13.2. The number of anilines is 2. The number of hydrogen-bond acceptors (Lipinski definition) is 3. The van der Waals surface area contributed by atoms with Crippen LogP contribution in [-0.2, 0) is 4.79 Å². The van der Waals surface area contributed by atoms with E-state index in [1.165, 1.54) is 6.20 Å². The average Bonchev–Trinajstić information content (AvgIpc) is 2.50. The Labute approximate surface area is 143 Å². The quantitative estimate of drug-likeness (QED) is 0.847. The maximum Gasteiger partial charge on any atom is 0.257 e. The van der Waals surface area contributed by atoms with Crippen LogP contribution in [0.25, 0.3) is 0 Å². The lowest BCUT2D eigenvalue weighted by Gasteiger charge is -2.12. The van der Waals surface area contributed by atoms with E-state index in [1.807, 2.05) is 32.9 Å². The summed E-state index contributed by atoms with van der Waals surface area (Å²) in [5.41, 5.74) is 2.66. The number of pyridine rings is 1. The van der Waals surface area contributed by atoms with Crippen LogP contribution in [0.15, 0.2) is 41.1 Å². The molecule has 0 saturated carbocycles. The van der Waals surface area contributed by atoms with E-state index in [0.717, 1.165) is 10.0 Å². The van der Waals surface area contributed by atoms with Gasteiger partial charge in [0, 0.05) is 34.2 Å². The van der Waals surface area contributed by atoms with E-state index in [0.29, 0.717) is 16.9 Å². The Morgan fingerprint density at radius 3 is 2.52 bits per heavy atom. The van der Waals surface area contributed by atoms with Crippen LogP contribution >= 0.6 is 15.9 Å². The van der Waals surface area contributed by atoms with Crippen molar-refractivity contribution in [3.05, 3.63) is 52.3 Å². The summed E-state index contributed by atoms with van der Waals surface area (Å²) in [5, 5.41) is 5.67. The second kappa shape index (κ2) is 7.37. The number of nitrogens with one attached hydrogen (secondary N) is 2. The second-order valence-corrected chi connectivity index (χ2v) is 6.44. The molecular weight excluding hydrogens is 358 g/mol. The Hall–Kier alpha value is -2.21. The standard InChI is InChI=1S/C17H18BrN3O2/c1-10(2)16(22)20-14-5-4-11(3)15(7-14)21-17(23)12-6-13(18)9-19-8-12/h4-10H,1-3H3,(H,20,22)(H,21,23). The van der Waals surface area contributed by atoms with Crippen molar-refractivity contribution in [3.63, 3.8) is 0 Å². The summed E-state index contributed by atoms with van der Waals surface area (Å²) >= 11 is 3.29. The van der Waals surface area contributed by atoms with Crippen LogP contribution in [0.3, 0.4) is 0 Å². The van der Waals surface area contributed by atoms with Crippen LogP contribution in [-0.4, -0.2) is 16.8 Å². The smallest absolute Gasteiger partial charge is 0.257 e. The molecule has 0 aliphatic rings. The molecule has 0 aliphatic carbocycles. The van der Waals surface area contributed by atoms with Gasteiger partial charge >= 0.3 is 0 Å². The lowest BCUT2D eigenvalue weighted by Crippen LogP contribution is -2.18. The molecule has 120 valence electrons. The predicted octanol–water partition coefficient (Wildman–Crippen LogP) is 4.00. The third-order valence-electron chi connectivity index (χ3n) is 3.24. The summed E-state index contributed by atoms with van der Waals surface area (Å²) in [7, 11) is 0. The Morgan fingerprint density at radius 2 is 1.87 bits per heavy atom. The van der Waals surface area contributed by atoms with Gasteiger partial charge in [0.15, 0.2) is 0 Å². The molecule has 2 rings (SSSR count). The SMILES string of the molecule is Cc1ccc(NC(=O)C(C)C)cc1NC(=O)c1cncc(Br)c1. The average molecular weight is 376 g/mol. The van der Waals surface area contributed by atoms with Gasteiger partial charge in [-0.25, -0.2) is 0 Å². The van der Waals surface area contributed by atoms with Gasteiger partial charge in [0.2, 0.25) is 5.91 Å². The lowest BCUT2D eigenvalue weighted by molar-refractivity contribution is -0.118. The molecular formula is C17H18BrN3O2. The molecule has 1 heterocycles. The summed E-state index contributed by atoms with van der Waals surface area (Å²) < 4.78 is 0.736. The number of benzene rings is 1. The number of hydrogen-bond donors (Lipinski definition) is 2. The molecule has 0 fully saturated rings. The molecule has 2 N–H and O–H groups in total. The maximum absolute atomic E-state index is 12.3. The number of aryl methyl sites for hydroxylation is 1. The Balaban J connectivity index is 2.19. The van der Waals surface area contributed by atoms with Crippen molar-refractivity contribution in [1.29, 1.82) is 0 Å². The zero-order chi connectivity index (χ0) is 17.0. The van der Waals surface area contributed by atoms with Crippen LogP contribution in [0, 0.1) is 12.8 Å². The fourth-order valence-electron chi connectivity index (χ4n) is 1.85. The van der Waals surface area contributed by atoms with Gasteiger partial charge in [-0.1, -0.05) is 19.9 Å². The van der Waals surface area contributed by atoms with E-state index < -0.39 is 0 Å². The molecule has 0 unspecified atom stereocenters. The first kappa shape index (κ1) is 17.1. The van der Waals surface area contributed by atoms with Gasteiger partial charge in [0.05, 0.1) is 5.56 Å². The number of aromatic nitrogens is 1. The Bertz CT molecular complexity index is 744. The largest absolute Gasteiger partial charge is 0.326 e. The van der Waals surface area contributed by atoms with E-state index in [4.69, 9.17) is 0 Å². The highest BCUT2D eigenvalue weighted by Crippen LogP contribution is 2.22. The molecule has 0 atom stereocenters. The van der Waals surface area contributed by atoms with E-state index in [2.05, 4.69) is 31.5 Å². The van der Waals surface area contributed by atoms with E-state index in [1.54, 1.807) is 18.3 Å². The van der Waals surface area contributed by atoms with E-state index >= 15 is 0 Å². The fraction of sp³-hybridized carbons (Fsp3) is 0.235. The van der Waals surface area contributed by atoms with E-state index in [9.17, 15) is 9.59 Å². The topological polar surface area (TPSA) is 71.1 Å². The first-order valence-corrected chi connectivity index (χ1v) is 7.99. The Morgan fingerprint density at radius 1 is 1.13 bits per heavy atom. The van der Waals surface area contributed by atoms with Gasteiger partial charge in [-0.2, -0.15) is 0 Å². The third kappa shape index (κ3) is 4.63. The highest BCUT2D eigenvalue weighted by Gasteiger charge is 2.11. The molecule has 0 spiro atoms. The van der Waals surface area contributed by atoms with E-state index in [-0.39, 0.29) is 17.7 Å². The first-order valence-electron chi connectivity index (χ1n) is 7.20. The van der Waals surface area contributed by atoms with Crippen LogP contribution in [0.1, 0.15) is 29.8 Å². The zero-order valence-corrected chi connectivity index (χ0v) is 14.8. The van der Waals surface area contributed by atoms with Gasteiger partial charge in [-0.15, -0.1) is 0 Å². The molecule has 23 heavy (non-hydrogen) atoms. The molecule has 1 aromatic carbocycles. The predicted molar refractivity (Wildman–Crippen MR) is 94.5 cm³/mol. The number of halogens is 1. The molecule has 0 bridgehead atoms. The van der Waals surface area contributed by atoms with Crippen molar-refractivity contribution in [3.8, 4) is 0 Å². The highest BCUT2D eigenvalue weighted by molar-refractivity contribution is 9.10. The molecule has 0 aliphatic heterocycles. The van der Waals surface area contributed by atoms with Crippen molar-refractivity contribution < 1.29 is 9.59 Å².